The number of hydrogen-bond donors (Lipinski definition) is 1. The third-order valence-electron chi connectivity index (χ3n) is 3.56. The Balaban J connectivity index is 2.93. The van der Waals surface area contributed by atoms with Gasteiger partial charge in [0.05, 0.1) is 5.56 Å². The number of aromatic carboxylic acids is 1. The van der Waals surface area contributed by atoms with Gasteiger partial charge in [0.2, 0.25) is 0 Å². The van der Waals surface area contributed by atoms with E-state index >= 15 is 0 Å². The topological polar surface area (TPSA) is 40.5 Å². The maximum Gasteiger partial charge on any atom is 0.336 e. The molecule has 0 spiro atoms. The van der Waals surface area contributed by atoms with E-state index in [1.165, 1.54) is 12.8 Å². The van der Waals surface area contributed by atoms with Crippen LogP contribution in [0.15, 0.2) is 22.7 Å². The lowest BCUT2D eigenvalue weighted by molar-refractivity contribution is 0.0696. The van der Waals surface area contributed by atoms with Crippen molar-refractivity contribution in [2.45, 2.75) is 33.6 Å². The van der Waals surface area contributed by atoms with Crippen LogP contribution >= 0.6 is 15.9 Å². The van der Waals surface area contributed by atoms with Gasteiger partial charge in [-0.2, -0.15) is 0 Å². The van der Waals surface area contributed by atoms with Crippen LogP contribution < -0.4 is 4.90 Å². The van der Waals surface area contributed by atoms with Crippen molar-refractivity contribution in [3.63, 3.8) is 0 Å². The quantitative estimate of drug-likeness (QED) is 0.806. The molecule has 0 fully saturated rings. The molecule has 19 heavy (non-hydrogen) atoms. The standard InChI is InChI=1S/C15H22BrNO2/c1-4-11(5-2)10-17(6-3)12-7-8-13(15(18)19)14(16)9-12/h7-9,11H,4-6,10H2,1-3H3,(H,18,19). The van der Waals surface area contributed by atoms with Crippen molar-refractivity contribution in [1.29, 1.82) is 0 Å². The lowest BCUT2D eigenvalue weighted by Gasteiger charge is -2.27. The van der Waals surface area contributed by atoms with E-state index < -0.39 is 5.97 Å². The van der Waals surface area contributed by atoms with Gasteiger partial charge in [-0.3, -0.25) is 0 Å². The highest BCUT2D eigenvalue weighted by molar-refractivity contribution is 9.10. The highest BCUT2D eigenvalue weighted by atomic mass is 79.9. The van der Waals surface area contributed by atoms with Gasteiger partial charge < -0.3 is 10.0 Å². The molecular weight excluding hydrogens is 306 g/mol. The summed E-state index contributed by atoms with van der Waals surface area (Å²) >= 11 is 3.34. The fourth-order valence-corrected chi connectivity index (χ4v) is 2.69. The van der Waals surface area contributed by atoms with Gasteiger partial charge in [-0.05, 0) is 47.0 Å². The van der Waals surface area contributed by atoms with E-state index in [2.05, 4.69) is 41.6 Å². The van der Waals surface area contributed by atoms with Gasteiger partial charge >= 0.3 is 5.97 Å². The molecule has 0 aromatic heterocycles. The van der Waals surface area contributed by atoms with Gasteiger partial charge in [0, 0.05) is 23.2 Å². The molecular formula is C15H22BrNO2. The van der Waals surface area contributed by atoms with Crippen LogP contribution in [0.4, 0.5) is 5.69 Å². The Labute approximate surface area is 123 Å². The first-order valence-electron chi connectivity index (χ1n) is 6.81. The molecule has 106 valence electrons. The Morgan fingerprint density at radius 3 is 2.37 bits per heavy atom. The second-order valence-corrected chi connectivity index (χ2v) is 5.54. The van der Waals surface area contributed by atoms with E-state index in [4.69, 9.17) is 5.11 Å². The summed E-state index contributed by atoms with van der Waals surface area (Å²) in [5, 5.41) is 9.03. The van der Waals surface area contributed by atoms with Crippen LogP contribution in [-0.4, -0.2) is 24.2 Å². The summed E-state index contributed by atoms with van der Waals surface area (Å²) < 4.78 is 0.639. The zero-order valence-electron chi connectivity index (χ0n) is 11.8. The number of carbonyl (C=O) groups is 1. The van der Waals surface area contributed by atoms with Gasteiger partial charge in [0.15, 0.2) is 0 Å². The van der Waals surface area contributed by atoms with Crippen LogP contribution in [0, 0.1) is 5.92 Å². The largest absolute Gasteiger partial charge is 0.478 e. The van der Waals surface area contributed by atoms with Gasteiger partial charge in [0.25, 0.3) is 0 Å². The summed E-state index contributed by atoms with van der Waals surface area (Å²) in [7, 11) is 0. The summed E-state index contributed by atoms with van der Waals surface area (Å²) in [6.45, 7) is 8.50. The normalized spacial score (nSPS) is 10.8. The first kappa shape index (κ1) is 16.0. The number of hydrogen-bond acceptors (Lipinski definition) is 2. The van der Waals surface area contributed by atoms with E-state index in [-0.39, 0.29) is 0 Å². The average Bonchev–Trinajstić information content (AvgIpc) is 2.39. The Bertz CT molecular complexity index is 430. The Kier molecular flexibility index (Phi) is 6.35. The molecule has 0 unspecified atom stereocenters. The van der Waals surface area contributed by atoms with Gasteiger partial charge in [0.1, 0.15) is 0 Å². The molecule has 0 bridgehead atoms. The summed E-state index contributed by atoms with van der Waals surface area (Å²) in [5.74, 6) is -0.223. The summed E-state index contributed by atoms with van der Waals surface area (Å²) in [5.41, 5.74) is 1.38. The number of benzene rings is 1. The van der Waals surface area contributed by atoms with Gasteiger partial charge in [-0.15, -0.1) is 0 Å². The molecule has 1 N–H and O–H groups in total. The lowest BCUT2D eigenvalue weighted by atomic mass is 10.0. The predicted octanol–water partition coefficient (Wildman–Crippen LogP) is 4.41. The summed E-state index contributed by atoms with van der Waals surface area (Å²) in [4.78, 5) is 13.3. The molecule has 0 saturated heterocycles. The second kappa shape index (κ2) is 7.53. The zero-order valence-corrected chi connectivity index (χ0v) is 13.4. The molecule has 4 heteroatoms. The van der Waals surface area contributed by atoms with Crippen molar-refractivity contribution >= 4 is 27.6 Å². The Hall–Kier alpha value is -1.03. The van der Waals surface area contributed by atoms with E-state index in [1.807, 2.05) is 12.1 Å². The third-order valence-corrected chi connectivity index (χ3v) is 4.22. The van der Waals surface area contributed by atoms with Crippen LogP contribution in [0.5, 0.6) is 0 Å². The first-order valence-corrected chi connectivity index (χ1v) is 7.60. The first-order chi connectivity index (χ1) is 9.03. The Morgan fingerprint density at radius 2 is 1.95 bits per heavy atom. The minimum Gasteiger partial charge on any atom is -0.478 e. The number of carboxylic acids is 1. The highest BCUT2D eigenvalue weighted by Gasteiger charge is 2.14. The molecule has 0 saturated carbocycles. The fourth-order valence-electron chi connectivity index (χ4n) is 2.15. The van der Waals surface area contributed by atoms with Gasteiger partial charge in [-0.1, -0.05) is 26.7 Å². The van der Waals surface area contributed by atoms with Crippen molar-refractivity contribution < 1.29 is 9.90 Å². The van der Waals surface area contributed by atoms with Crippen molar-refractivity contribution in [3.8, 4) is 0 Å². The van der Waals surface area contributed by atoms with Crippen LogP contribution in [0.3, 0.4) is 0 Å². The number of nitrogens with zero attached hydrogens (tertiary/aromatic N) is 1. The summed E-state index contributed by atoms with van der Waals surface area (Å²) in [6.07, 6.45) is 2.34. The minimum absolute atomic E-state index is 0.308. The third kappa shape index (κ3) is 4.23. The molecule has 0 radical (unpaired) electrons. The van der Waals surface area contributed by atoms with E-state index in [0.29, 0.717) is 16.0 Å². The second-order valence-electron chi connectivity index (χ2n) is 4.69. The smallest absolute Gasteiger partial charge is 0.336 e. The minimum atomic E-state index is -0.901. The fraction of sp³-hybridized carbons (Fsp3) is 0.533. The van der Waals surface area contributed by atoms with E-state index in [9.17, 15) is 4.79 Å². The van der Waals surface area contributed by atoms with E-state index in [0.717, 1.165) is 18.8 Å². The number of rotatable bonds is 7. The van der Waals surface area contributed by atoms with Crippen molar-refractivity contribution in [1.82, 2.24) is 0 Å². The predicted molar refractivity (Wildman–Crippen MR) is 83.1 cm³/mol. The molecule has 0 aliphatic heterocycles. The number of halogens is 1. The van der Waals surface area contributed by atoms with Crippen LogP contribution in [0.2, 0.25) is 0 Å². The van der Waals surface area contributed by atoms with Crippen LogP contribution in [0.1, 0.15) is 44.0 Å². The number of anilines is 1. The molecule has 0 aliphatic rings. The van der Waals surface area contributed by atoms with Crippen molar-refractivity contribution in [2.24, 2.45) is 5.92 Å². The van der Waals surface area contributed by atoms with Gasteiger partial charge in [-0.25, -0.2) is 4.79 Å². The molecule has 0 heterocycles. The molecule has 0 amide bonds. The van der Waals surface area contributed by atoms with Crippen LogP contribution in [0.25, 0.3) is 0 Å². The number of carboxylic acid groups (broad SMARTS) is 1. The Morgan fingerprint density at radius 1 is 1.32 bits per heavy atom. The monoisotopic (exact) mass is 327 g/mol. The molecule has 0 aliphatic carbocycles. The van der Waals surface area contributed by atoms with E-state index in [1.54, 1.807) is 6.07 Å². The zero-order chi connectivity index (χ0) is 14.4. The maximum atomic E-state index is 11.0. The molecule has 1 aromatic carbocycles. The van der Waals surface area contributed by atoms with Crippen molar-refractivity contribution in [2.75, 3.05) is 18.0 Å². The SMILES string of the molecule is CCC(CC)CN(CC)c1ccc(C(=O)O)c(Br)c1. The van der Waals surface area contributed by atoms with Crippen molar-refractivity contribution in [3.05, 3.63) is 28.2 Å². The average molecular weight is 328 g/mol. The summed E-state index contributed by atoms with van der Waals surface area (Å²) in [6, 6.07) is 5.45. The molecule has 1 rings (SSSR count). The lowest BCUT2D eigenvalue weighted by Crippen LogP contribution is -2.29. The highest BCUT2D eigenvalue weighted by Crippen LogP contribution is 2.25. The molecule has 3 nitrogen and oxygen atoms in total. The van der Waals surface area contributed by atoms with Crippen LogP contribution in [-0.2, 0) is 0 Å². The molecule has 1 aromatic rings. The maximum absolute atomic E-state index is 11.0. The molecule has 0 atom stereocenters.